The lowest BCUT2D eigenvalue weighted by molar-refractivity contribution is -0.489. The number of hydrogen-bond acceptors (Lipinski definition) is 8. The van der Waals surface area contributed by atoms with E-state index in [1.807, 2.05) is 6.07 Å². The molecule has 2 unspecified atom stereocenters. The van der Waals surface area contributed by atoms with Crippen LogP contribution in [0.1, 0.15) is 22.3 Å². The molecule has 31 heavy (non-hydrogen) atoms. The van der Waals surface area contributed by atoms with E-state index in [2.05, 4.69) is 0 Å². The molecule has 0 bridgehead atoms. The number of fused-ring (bicyclic) bond motifs is 1. The van der Waals surface area contributed by atoms with E-state index < -0.39 is 35.1 Å². The van der Waals surface area contributed by atoms with Crippen LogP contribution in [0, 0.1) is 22.0 Å². The quantitative estimate of drug-likeness (QED) is 0.186. The summed E-state index contributed by atoms with van der Waals surface area (Å²) in [6, 6.07) is 11.6. The van der Waals surface area contributed by atoms with Crippen molar-refractivity contribution < 1.29 is 33.5 Å². The van der Waals surface area contributed by atoms with Crippen molar-refractivity contribution in [3.05, 3.63) is 63.7 Å². The van der Waals surface area contributed by atoms with Crippen molar-refractivity contribution in [3.63, 3.8) is 0 Å². The fourth-order valence-electron chi connectivity index (χ4n) is 3.58. The molecule has 0 fully saturated rings. The van der Waals surface area contributed by atoms with Crippen LogP contribution in [0.3, 0.4) is 0 Å². The molecule has 0 spiro atoms. The molecule has 0 saturated carbocycles. The van der Waals surface area contributed by atoms with Crippen LogP contribution in [0.4, 0.5) is 0 Å². The first-order valence-electron chi connectivity index (χ1n) is 9.69. The molecule has 2 aromatic rings. The number of ketones is 1. The van der Waals surface area contributed by atoms with Crippen LogP contribution < -0.4 is 14.2 Å². The molecule has 0 radical (unpaired) electrons. The number of benzene rings is 2. The number of rotatable bonds is 10. The average molecular weight is 429 g/mol. The van der Waals surface area contributed by atoms with E-state index in [0.29, 0.717) is 23.7 Å². The maximum atomic E-state index is 13.1. The lowest BCUT2D eigenvalue weighted by Gasteiger charge is -2.21. The molecule has 2 aromatic carbocycles. The van der Waals surface area contributed by atoms with Crippen molar-refractivity contribution >= 4 is 11.8 Å². The number of Topliss-reactive ketones (excluding diaryl/α,β-unsaturated/α-hetero) is 1. The molecule has 1 aliphatic heterocycles. The van der Waals surface area contributed by atoms with Gasteiger partial charge in [-0.05, 0) is 54.8 Å². The van der Waals surface area contributed by atoms with Crippen molar-refractivity contribution in [2.45, 2.75) is 12.8 Å². The van der Waals surface area contributed by atoms with Crippen molar-refractivity contribution in [1.29, 1.82) is 0 Å². The van der Waals surface area contributed by atoms with Gasteiger partial charge in [0.25, 0.3) is 0 Å². The predicted octanol–water partition coefficient (Wildman–Crippen LogP) is 2.92. The summed E-state index contributed by atoms with van der Waals surface area (Å²) in [5, 5.41) is 11.3. The Morgan fingerprint density at radius 3 is 2.45 bits per heavy atom. The van der Waals surface area contributed by atoms with E-state index in [0.717, 1.165) is 12.7 Å². The maximum Gasteiger partial charge on any atom is 0.317 e. The fourth-order valence-corrected chi connectivity index (χ4v) is 3.58. The van der Waals surface area contributed by atoms with Gasteiger partial charge in [-0.2, -0.15) is 0 Å². The second kappa shape index (κ2) is 9.92. The zero-order valence-electron chi connectivity index (χ0n) is 17.2. The molecule has 9 nitrogen and oxygen atoms in total. The van der Waals surface area contributed by atoms with Crippen LogP contribution in [-0.2, 0) is 16.0 Å². The van der Waals surface area contributed by atoms with Gasteiger partial charge in [0.15, 0.2) is 17.3 Å². The smallest absolute Gasteiger partial charge is 0.317 e. The van der Waals surface area contributed by atoms with Crippen molar-refractivity contribution in [3.8, 4) is 17.2 Å². The minimum absolute atomic E-state index is 0.142. The molecule has 1 heterocycles. The summed E-state index contributed by atoms with van der Waals surface area (Å²) in [7, 11) is 2.66. The second-order valence-electron chi connectivity index (χ2n) is 7.10. The predicted molar refractivity (Wildman–Crippen MR) is 109 cm³/mol. The number of carbonyl (C=O) groups is 2. The molecule has 2 atom stereocenters. The molecule has 1 aliphatic rings. The van der Waals surface area contributed by atoms with Crippen molar-refractivity contribution in [2.75, 3.05) is 27.6 Å². The zero-order chi connectivity index (χ0) is 22.4. The first kappa shape index (κ1) is 22.1. The van der Waals surface area contributed by atoms with Crippen LogP contribution in [0.15, 0.2) is 42.5 Å². The third kappa shape index (κ3) is 5.30. The molecule has 0 aromatic heterocycles. The van der Waals surface area contributed by atoms with Gasteiger partial charge in [-0.1, -0.05) is 6.07 Å². The third-order valence-electron chi connectivity index (χ3n) is 5.21. The third-order valence-corrected chi connectivity index (χ3v) is 5.21. The van der Waals surface area contributed by atoms with Gasteiger partial charge < -0.3 is 18.9 Å². The first-order chi connectivity index (χ1) is 14.9. The van der Waals surface area contributed by atoms with Gasteiger partial charge in [-0.3, -0.25) is 19.7 Å². The monoisotopic (exact) mass is 429 g/mol. The van der Waals surface area contributed by atoms with Crippen LogP contribution in [0.25, 0.3) is 0 Å². The molecule has 0 aliphatic carbocycles. The summed E-state index contributed by atoms with van der Waals surface area (Å²) in [4.78, 5) is 36.5. The van der Waals surface area contributed by atoms with Gasteiger partial charge in [0.1, 0.15) is 11.7 Å². The van der Waals surface area contributed by atoms with Gasteiger partial charge >= 0.3 is 5.97 Å². The van der Waals surface area contributed by atoms with Crippen LogP contribution in [0.2, 0.25) is 0 Å². The standard InChI is InChI=1S/C22H23NO8/c1-28-17-8-6-15(7-9-17)21(24)20(22(25)29-2)16(12-23(26)27)5-3-14-4-10-18-19(11-14)31-13-30-18/h4,6-11,16,20H,3,5,12-13H2,1-2H3. The molecule has 0 N–H and O–H groups in total. The highest BCUT2D eigenvalue weighted by Gasteiger charge is 2.39. The number of esters is 1. The van der Waals surface area contributed by atoms with Crippen molar-refractivity contribution in [1.82, 2.24) is 0 Å². The summed E-state index contributed by atoms with van der Waals surface area (Å²) in [6.45, 7) is -0.393. The Hall–Kier alpha value is -3.62. The van der Waals surface area contributed by atoms with E-state index in [1.54, 1.807) is 24.3 Å². The fraction of sp³-hybridized carbons (Fsp3) is 0.364. The maximum absolute atomic E-state index is 13.1. The summed E-state index contributed by atoms with van der Waals surface area (Å²) in [5.41, 5.74) is 1.12. The molecule has 0 saturated heterocycles. The lowest BCUT2D eigenvalue weighted by atomic mass is 9.82. The van der Waals surface area contributed by atoms with E-state index in [4.69, 9.17) is 18.9 Å². The molecular formula is C22H23NO8. The van der Waals surface area contributed by atoms with Crippen LogP contribution in [0.5, 0.6) is 17.2 Å². The van der Waals surface area contributed by atoms with E-state index >= 15 is 0 Å². The largest absolute Gasteiger partial charge is 0.497 e. The number of aryl methyl sites for hydroxylation is 1. The molecule has 9 heteroatoms. The topological polar surface area (TPSA) is 114 Å². The SMILES string of the molecule is COC(=O)C(C(=O)c1ccc(OC)cc1)C(CCc1ccc2c(c1)OCO2)C[N+](=O)[O-]. The van der Waals surface area contributed by atoms with Gasteiger partial charge in [-0.15, -0.1) is 0 Å². The summed E-state index contributed by atoms with van der Waals surface area (Å²) in [5.74, 6) is -1.67. The Kier molecular flexibility index (Phi) is 7.07. The van der Waals surface area contributed by atoms with Crippen molar-refractivity contribution in [2.24, 2.45) is 11.8 Å². The van der Waals surface area contributed by atoms with E-state index in [-0.39, 0.29) is 18.8 Å². The Bertz CT molecular complexity index is 956. The molecule has 164 valence electrons. The number of ether oxygens (including phenoxy) is 4. The summed E-state index contributed by atoms with van der Waals surface area (Å²) >= 11 is 0. The Balaban J connectivity index is 1.83. The van der Waals surface area contributed by atoms with E-state index in [9.17, 15) is 19.7 Å². The Morgan fingerprint density at radius 1 is 1.10 bits per heavy atom. The first-order valence-corrected chi connectivity index (χ1v) is 9.69. The minimum atomic E-state index is -1.29. The molecule has 0 amide bonds. The van der Waals surface area contributed by atoms with Gasteiger partial charge in [0.05, 0.1) is 14.2 Å². The number of nitro groups is 1. The highest BCUT2D eigenvalue weighted by Crippen LogP contribution is 2.33. The number of nitrogens with zero attached hydrogens (tertiary/aromatic N) is 1. The van der Waals surface area contributed by atoms with Gasteiger partial charge in [0, 0.05) is 16.4 Å². The van der Waals surface area contributed by atoms with Gasteiger partial charge in [-0.25, -0.2) is 0 Å². The average Bonchev–Trinajstić information content (AvgIpc) is 3.24. The number of hydrogen-bond donors (Lipinski definition) is 0. The number of carbonyl (C=O) groups excluding carboxylic acids is 2. The molecular weight excluding hydrogens is 406 g/mol. The summed E-state index contributed by atoms with van der Waals surface area (Å²) < 4.78 is 20.6. The normalized spacial score (nSPS) is 13.9. The highest BCUT2D eigenvalue weighted by atomic mass is 16.7. The second-order valence-corrected chi connectivity index (χ2v) is 7.10. The number of methoxy groups -OCH3 is 2. The Labute approximate surface area is 179 Å². The Morgan fingerprint density at radius 2 is 1.81 bits per heavy atom. The van der Waals surface area contributed by atoms with E-state index in [1.165, 1.54) is 19.2 Å². The van der Waals surface area contributed by atoms with Crippen LogP contribution >= 0.6 is 0 Å². The highest BCUT2D eigenvalue weighted by molar-refractivity contribution is 6.08. The minimum Gasteiger partial charge on any atom is -0.497 e. The van der Waals surface area contributed by atoms with Crippen LogP contribution in [-0.4, -0.2) is 44.2 Å². The van der Waals surface area contributed by atoms with Gasteiger partial charge in [0.2, 0.25) is 13.3 Å². The summed E-state index contributed by atoms with van der Waals surface area (Å²) in [6.07, 6.45) is 0.654. The lowest BCUT2D eigenvalue weighted by Crippen LogP contribution is -2.36. The zero-order valence-corrected chi connectivity index (χ0v) is 17.2. The molecule has 3 rings (SSSR count).